The van der Waals surface area contributed by atoms with E-state index in [2.05, 4.69) is 5.32 Å². The van der Waals surface area contributed by atoms with Gasteiger partial charge in [0.25, 0.3) is 5.91 Å². The van der Waals surface area contributed by atoms with E-state index in [0.717, 1.165) is 5.69 Å². The van der Waals surface area contributed by atoms with Gasteiger partial charge in [-0.05, 0) is 30.3 Å². The first-order valence-electron chi connectivity index (χ1n) is 6.35. The SMILES string of the molecule is [NH]C(=O)c1ccc(Nc2ccc3c(c2)OCCO3)c(Cl)c1. The number of carbonyl (C=O) groups excluding carboxylic acids is 1. The van der Waals surface area contributed by atoms with Gasteiger partial charge >= 0.3 is 0 Å². The highest BCUT2D eigenvalue weighted by Gasteiger charge is 2.12. The molecule has 0 fully saturated rings. The monoisotopic (exact) mass is 303 g/mol. The van der Waals surface area contributed by atoms with E-state index in [9.17, 15) is 4.79 Å². The summed E-state index contributed by atoms with van der Waals surface area (Å²) in [4.78, 5) is 11.0. The van der Waals surface area contributed by atoms with E-state index in [1.165, 1.54) is 6.07 Å². The molecule has 0 aromatic heterocycles. The third kappa shape index (κ3) is 2.87. The number of ether oxygens (including phenoxy) is 2. The van der Waals surface area contributed by atoms with Gasteiger partial charge in [0.05, 0.1) is 10.7 Å². The Labute approximate surface area is 126 Å². The summed E-state index contributed by atoms with van der Waals surface area (Å²) in [5, 5.41) is 3.53. The topological polar surface area (TPSA) is 71.4 Å². The average Bonchev–Trinajstić information content (AvgIpc) is 2.49. The highest BCUT2D eigenvalue weighted by Crippen LogP contribution is 2.34. The van der Waals surface area contributed by atoms with Gasteiger partial charge in [0.15, 0.2) is 11.5 Å². The lowest BCUT2D eigenvalue weighted by atomic mass is 10.2. The van der Waals surface area contributed by atoms with Crippen LogP contribution in [0.2, 0.25) is 5.02 Å². The highest BCUT2D eigenvalue weighted by atomic mass is 35.5. The molecule has 3 rings (SSSR count). The molecule has 2 N–H and O–H groups in total. The Kier molecular flexibility index (Phi) is 3.58. The van der Waals surface area contributed by atoms with Gasteiger partial charge in [-0.2, -0.15) is 0 Å². The van der Waals surface area contributed by atoms with Crippen LogP contribution in [-0.4, -0.2) is 19.1 Å². The summed E-state index contributed by atoms with van der Waals surface area (Å²) < 4.78 is 11.0. The molecule has 1 amide bonds. The second kappa shape index (κ2) is 5.54. The van der Waals surface area contributed by atoms with Crippen LogP contribution >= 0.6 is 11.6 Å². The maximum Gasteiger partial charge on any atom is 0.269 e. The Hall–Kier alpha value is -2.40. The molecule has 1 heterocycles. The number of nitrogens with one attached hydrogen (secondary N) is 2. The molecular weight excluding hydrogens is 292 g/mol. The minimum Gasteiger partial charge on any atom is -0.486 e. The molecule has 0 atom stereocenters. The second-order valence-corrected chi connectivity index (χ2v) is 4.91. The summed E-state index contributed by atoms with van der Waals surface area (Å²) in [6, 6.07) is 10.2. The van der Waals surface area contributed by atoms with E-state index in [-0.39, 0.29) is 5.56 Å². The van der Waals surface area contributed by atoms with Crippen LogP contribution < -0.4 is 20.5 Å². The van der Waals surface area contributed by atoms with Crippen LogP contribution in [0.15, 0.2) is 36.4 Å². The predicted molar refractivity (Wildman–Crippen MR) is 79.6 cm³/mol. The smallest absolute Gasteiger partial charge is 0.269 e. The van der Waals surface area contributed by atoms with Crippen molar-refractivity contribution in [3.63, 3.8) is 0 Å². The number of amides is 1. The number of hydrogen-bond acceptors (Lipinski definition) is 4. The molecule has 21 heavy (non-hydrogen) atoms. The largest absolute Gasteiger partial charge is 0.486 e. The summed E-state index contributed by atoms with van der Waals surface area (Å²) in [6.07, 6.45) is 0. The van der Waals surface area contributed by atoms with E-state index in [0.29, 0.717) is 35.4 Å². The third-order valence-corrected chi connectivity index (χ3v) is 3.37. The second-order valence-electron chi connectivity index (χ2n) is 4.51. The third-order valence-electron chi connectivity index (χ3n) is 3.05. The summed E-state index contributed by atoms with van der Waals surface area (Å²) in [5.41, 5.74) is 8.77. The van der Waals surface area contributed by atoms with Crippen LogP contribution in [0.25, 0.3) is 0 Å². The fourth-order valence-corrected chi connectivity index (χ4v) is 2.26. The van der Waals surface area contributed by atoms with Crippen molar-refractivity contribution in [1.29, 1.82) is 0 Å². The summed E-state index contributed by atoms with van der Waals surface area (Å²) >= 11 is 6.11. The molecule has 5 nitrogen and oxygen atoms in total. The summed E-state index contributed by atoms with van der Waals surface area (Å²) in [6.45, 7) is 1.08. The quantitative estimate of drug-likeness (QED) is 0.944. The zero-order chi connectivity index (χ0) is 14.8. The Morgan fingerprint density at radius 1 is 1.10 bits per heavy atom. The van der Waals surface area contributed by atoms with Gasteiger partial charge in [-0.3, -0.25) is 10.5 Å². The van der Waals surface area contributed by atoms with E-state index in [1.54, 1.807) is 12.1 Å². The average molecular weight is 304 g/mol. The number of rotatable bonds is 3. The molecule has 107 valence electrons. The van der Waals surface area contributed by atoms with Gasteiger partial charge in [0.1, 0.15) is 13.2 Å². The lowest BCUT2D eigenvalue weighted by Gasteiger charge is -2.19. The molecule has 0 saturated heterocycles. The van der Waals surface area contributed by atoms with Crippen molar-refractivity contribution in [1.82, 2.24) is 5.73 Å². The first kappa shape index (κ1) is 13.6. The Balaban J connectivity index is 1.85. The zero-order valence-corrected chi connectivity index (χ0v) is 11.7. The number of carbonyl (C=O) groups is 1. The van der Waals surface area contributed by atoms with E-state index in [4.69, 9.17) is 26.8 Å². The first-order chi connectivity index (χ1) is 10.1. The first-order valence-corrected chi connectivity index (χ1v) is 6.73. The molecule has 0 aliphatic carbocycles. The Bertz CT molecular complexity index is 703. The zero-order valence-electron chi connectivity index (χ0n) is 11.0. The molecule has 2 aromatic carbocycles. The molecule has 1 aliphatic heterocycles. The van der Waals surface area contributed by atoms with Crippen LogP contribution in [-0.2, 0) is 0 Å². The summed E-state index contributed by atoms with van der Waals surface area (Å²) in [5.74, 6) is 0.635. The van der Waals surface area contributed by atoms with E-state index in [1.807, 2.05) is 18.2 Å². The lowest BCUT2D eigenvalue weighted by Crippen LogP contribution is -2.15. The molecule has 6 heteroatoms. The van der Waals surface area contributed by atoms with E-state index < -0.39 is 5.91 Å². The van der Waals surface area contributed by atoms with Crippen molar-refractivity contribution in [3.05, 3.63) is 47.0 Å². The van der Waals surface area contributed by atoms with Gasteiger partial charge in [-0.25, -0.2) is 0 Å². The van der Waals surface area contributed by atoms with Crippen LogP contribution in [0.4, 0.5) is 11.4 Å². The fourth-order valence-electron chi connectivity index (χ4n) is 2.03. The molecule has 1 aliphatic rings. The minimum absolute atomic E-state index is 0.257. The molecular formula is C15H12ClN2O3. The number of benzene rings is 2. The van der Waals surface area contributed by atoms with Crippen LogP contribution in [0.3, 0.4) is 0 Å². The number of halogens is 1. The fraction of sp³-hybridized carbons (Fsp3) is 0.133. The Morgan fingerprint density at radius 2 is 1.86 bits per heavy atom. The van der Waals surface area contributed by atoms with Crippen LogP contribution in [0.5, 0.6) is 11.5 Å². The van der Waals surface area contributed by atoms with Gasteiger partial charge in [-0.1, -0.05) is 11.6 Å². The Morgan fingerprint density at radius 3 is 2.57 bits per heavy atom. The van der Waals surface area contributed by atoms with Crippen molar-refractivity contribution in [3.8, 4) is 11.5 Å². The molecule has 0 spiro atoms. The standard InChI is InChI=1S/C15H12ClN2O3/c16-11-7-9(15(17)19)1-3-12(11)18-10-2-4-13-14(8-10)21-6-5-20-13/h1-4,7-8,17-18H,5-6H2. The summed E-state index contributed by atoms with van der Waals surface area (Å²) in [7, 11) is 0. The van der Waals surface area contributed by atoms with Crippen molar-refractivity contribution in [2.24, 2.45) is 0 Å². The maximum atomic E-state index is 11.0. The van der Waals surface area contributed by atoms with Crippen molar-refractivity contribution in [2.75, 3.05) is 18.5 Å². The van der Waals surface area contributed by atoms with Gasteiger partial charge in [0.2, 0.25) is 0 Å². The normalized spacial score (nSPS) is 12.8. The van der Waals surface area contributed by atoms with E-state index >= 15 is 0 Å². The number of anilines is 2. The molecule has 0 bridgehead atoms. The number of hydrogen-bond donors (Lipinski definition) is 1. The van der Waals surface area contributed by atoms with Crippen LogP contribution in [0, 0.1) is 0 Å². The highest BCUT2D eigenvalue weighted by molar-refractivity contribution is 6.33. The van der Waals surface area contributed by atoms with Gasteiger partial charge < -0.3 is 14.8 Å². The van der Waals surface area contributed by atoms with Crippen molar-refractivity contribution >= 4 is 28.9 Å². The molecule has 0 unspecified atom stereocenters. The predicted octanol–water partition coefficient (Wildman–Crippen LogP) is 3.28. The lowest BCUT2D eigenvalue weighted by molar-refractivity contribution is 0.0992. The minimum atomic E-state index is -0.761. The van der Waals surface area contributed by atoms with Gasteiger partial charge in [0, 0.05) is 17.3 Å². The van der Waals surface area contributed by atoms with Crippen molar-refractivity contribution in [2.45, 2.75) is 0 Å². The molecule has 0 saturated carbocycles. The maximum absolute atomic E-state index is 11.0. The molecule has 2 aromatic rings. The van der Waals surface area contributed by atoms with Gasteiger partial charge in [-0.15, -0.1) is 0 Å². The van der Waals surface area contributed by atoms with Crippen LogP contribution in [0.1, 0.15) is 10.4 Å². The molecule has 1 radical (unpaired) electrons. The van der Waals surface area contributed by atoms with Crippen molar-refractivity contribution < 1.29 is 14.3 Å². The number of fused-ring (bicyclic) bond motifs is 1.